The molecule has 2 aromatic heterocycles. The number of benzene rings is 1. The Morgan fingerprint density at radius 3 is 2.58 bits per heavy atom. The number of aromatic nitrogens is 3. The van der Waals surface area contributed by atoms with Crippen molar-refractivity contribution in [1.82, 2.24) is 14.5 Å². The van der Waals surface area contributed by atoms with Crippen LogP contribution >= 0.6 is 0 Å². The zero-order valence-corrected chi connectivity index (χ0v) is 19.0. The average Bonchev–Trinajstić information content (AvgIpc) is 2.84. The van der Waals surface area contributed by atoms with Crippen LogP contribution in [0.5, 0.6) is 0 Å². The van der Waals surface area contributed by atoms with Crippen LogP contribution in [0.25, 0.3) is 10.9 Å². The fraction of sp³-hybridized carbons (Fsp3) is 0.423. The minimum absolute atomic E-state index is 0.0743. The standard InChI is InChI=1S/C26H30N4O3/c1-2-17-8-11-22-21(12-17)26(33)30(16-29-22)23(13-18-6-4-3-5-7-18)24(31)14-20-10-9-19(15-28-20)25(27)32/h8-12,15-16,18,23H,2-7,13-14H2,1H3,(H2,27,32)/t23-/m0/s1. The Hall–Kier alpha value is -3.35. The summed E-state index contributed by atoms with van der Waals surface area (Å²) in [6.45, 7) is 2.04. The van der Waals surface area contributed by atoms with Crippen molar-refractivity contribution >= 4 is 22.6 Å². The van der Waals surface area contributed by atoms with Crippen LogP contribution in [-0.4, -0.2) is 26.2 Å². The van der Waals surface area contributed by atoms with E-state index in [0.717, 1.165) is 37.7 Å². The van der Waals surface area contributed by atoms with E-state index in [4.69, 9.17) is 5.73 Å². The van der Waals surface area contributed by atoms with Crippen LogP contribution in [0.1, 0.15) is 73.1 Å². The van der Waals surface area contributed by atoms with Crippen molar-refractivity contribution in [2.24, 2.45) is 11.7 Å². The Bertz CT molecular complexity index is 1210. The molecule has 1 fully saturated rings. The summed E-state index contributed by atoms with van der Waals surface area (Å²) in [5.74, 6) is -0.229. The van der Waals surface area contributed by atoms with Crippen LogP contribution in [0, 0.1) is 5.92 Å². The molecular weight excluding hydrogens is 416 g/mol. The molecule has 0 spiro atoms. The van der Waals surface area contributed by atoms with E-state index >= 15 is 0 Å². The van der Waals surface area contributed by atoms with Crippen LogP contribution in [-0.2, 0) is 17.6 Å². The fourth-order valence-corrected chi connectivity index (χ4v) is 4.73. The van der Waals surface area contributed by atoms with E-state index in [1.807, 2.05) is 25.1 Å². The van der Waals surface area contributed by atoms with Gasteiger partial charge in [0.25, 0.3) is 5.56 Å². The number of carbonyl (C=O) groups excluding carboxylic acids is 2. The molecule has 1 amide bonds. The summed E-state index contributed by atoms with van der Waals surface area (Å²) in [5, 5.41) is 0.544. The van der Waals surface area contributed by atoms with Crippen molar-refractivity contribution < 1.29 is 9.59 Å². The summed E-state index contributed by atoms with van der Waals surface area (Å²) in [6.07, 6.45) is 10.1. The lowest BCUT2D eigenvalue weighted by molar-refractivity contribution is -0.122. The molecule has 1 aliphatic carbocycles. The van der Waals surface area contributed by atoms with E-state index in [2.05, 4.69) is 9.97 Å². The van der Waals surface area contributed by atoms with Gasteiger partial charge in [-0.3, -0.25) is 23.9 Å². The third-order valence-electron chi connectivity index (χ3n) is 6.71. The number of nitrogens with two attached hydrogens (primary N) is 1. The van der Waals surface area contributed by atoms with Crippen LogP contribution < -0.4 is 11.3 Å². The third kappa shape index (κ3) is 5.18. The molecule has 1 aromatic carbocycles. The zero-order chi connectivity index (χ0) is 23.4. The van der Waals surface area contributed by atoms with Crippen molar-refractivity contribution in [3.8, 4) is 0 Å². The van der Waals surface area contributed by atoms with Gasteiger partial charge in [0, 0.05) is 11.9 Å². The molecule has 7 nitrogen and oxygen atoms in total. The summed E-state index contributed by atoms with van der Waals surface area (Å²) < 4.78 is 1.52. The maximum absolute atomic E-state index is 13.5. The molecule has 172 valence electrons. The van der Waals surface area contributed by atoms with Gasteiger partial charge >= 0.3 is 0 Å². The number of carbonyl (C=O) groups is 2. The molecule has 2 N–H and O–H groups in total. The second-order valence-corrected chi connectivity index (χ2v) is 8.96. The molecule has 1 saturated carbocycles. The van der Waals surface area contributed by atoms with Crippen molar-refractivity contribution in [3.05, 3.63) is 70.0 Å². The Morgan fingerprint density at radius 2 is 1.91 bits per heavy atom. The number of fused-ring (bicyclic) bond motifs is 1. The fourth-order valence-electron chi connectivity index (χ4n) is 4.73. The molecule has 0 unspecified atom stereocenters. The summed E-state index contributed by atoms with van der Waals surface area (Å²) in [5.41, 5.74) is 7.66. The molecule has 2 heterocycles. The molecule has 4 rings (SSSR count). The Balaban J connectivity index is 1.68. The number of amides is 1. The quantitative estimate of drug-likeness (QED) is 0.567. The Kier molecular flexibility index (Phi) is 6.96. The summed E-state index contributed by atoms with van der Waals surface area (Å²) in [6, 6.07) is 8.34. The van der Waals surface area contributed by atoms with Gasteiger partial charge in [-0.25, -0.2) is 4.98 Å². The van der Waals surface area contributed by atoms with Gasteiger partial charge < -0.3 is 5.73 Å². The second kappa shape index (κ2) is 10.1. The highest BCUT2D eigenvalue weighted by atomic mass is 16.1. The lowest BCUT2D eigenvalue weighted by atomic mass is 9.83. The summed E-state index contributed by atoms with van der Waals surface area (Å²) >= 11 is 0. The summed E-state index contributed by atoms with van der Waals surface area (Å²) in [7, 11) is 0. The Labute approximate surface area is 193 Å². The van der Waals surface area contributed by atoms with Gasteiger partial charge in [-0.1, -0.05) is 45.1 Å². The second-order valence-electron chi connectivity index (χ2n) is 8.96. The number of rotatable bonds is 8. The zero-order valence-electron chi connectivity index (χ0n) is 19.0. The number of aryl methyl sites for hydroxylation is 1. The normalized spacial score (nSPS) is 15.4. The van der Waals surface area contributed by atoms with Gasteiger partial charge in [0.2, 0.25) is 5.91 Å². The van der Waals surface area contributed by atoms with Crippen molar-refractivity contribution in [2.45, 2.75) is 64.3 Å². The van der Waals surface area contributed by atoms with Crippen LogP contribution in [0.3, 0.4) is 0 Å². The number of pyridine rings is 1. The molecular formula is C26H30N4O3. The molecule has 3 aromatic rings. The molecule has 1 aliphatic rings. The molecule has 33 heavy (non-hydrogen) atoms. The molecule has 0 radical (unpaired) electrons. The Morgan fingerprint density at radius 1 is 1.12 bits per heavy atom. The number of hydrogen-bond acceptors (Lipinski definition) is 5. The first-order valence-electron chi connectivity index (χ1n) is 11.7. The van der Waals surface area contributed by atoms with E-state index in [-0.39, 0.29) is 17.8 Å². The van der Waals surface area contributed by atoms with Gasteiger partial charge in [-0.2, -0.15) is 0 Å². The van der Waals surface area contributed by atoms with E-state index in [1.165, 1.54) is 23.5 Å². The van der Waals surface area contributed by atoms with E-state index in [0.29, 0.717) is 34.5 Å². The molecule has 7 heteroatoms. The number of nitrogens with zero attached hydrogens (tertiary/aromatic N) is 3. The largest absolute Gasteiger partial charge is 0.366 e. The molecule has 0 saturated heterocycles. The highest BCUT2D eigenvalue weighted by Crippen LogP contribution is 2.31. The van der Waals surface area contributed by atoms with Crippen LogP contribution in [0.2, 0.25) is 0 Å². The van der Waals surface area contributed by atoms with E-state index in [1.54, 1.807) is 12.1 Å². The van der Waals surface area contributed by atoms with Gasteiger partial charge in [0.15, 0.2) is 5.78 Å². The lowest BCUT2D eigenvalue weighted by Gasteiger charge is -2.27. The number of ketones is 1. The number of hydrogen-bond donors (Lipinski definition) is 1. The minimum atomic E-state index is -0.597. The van der Waals surface area contributed by atoms with E-state index < -0.39 is 11.9 Å². The molecule has 0 bridgehead atoms. The highest BCUT2D eigenvalue weighted by Gasteiger charge is 2.27. The van der Waals surface area contributed by atoms with E-state index in [9.17, 15) is 14.4 Å². The first kappa shape index (κ1) is 22.8. The number of primary amides is 1. The predicted octanol–water partition coefficient (Wildman–Crippen LogP) is 3.78. The monoisotopic (exact) mass is 446 g/mol. The smallest absolute Gasteiger partial charge is 0.261 e. The first-order chi connectivity index (χ1) is 16.0. The highest BCUT2D eigenvalue weighted by molar-refractivity contribution is 5.92. The lowest BCUT2D eigenvalue weighted by Crippen LogP contribution is -2.33. The molecule has 1 atom stereocenters. The van der Waals surface area contributed by atoms with Crippen molar-refractivity contribution in [1.29, 1.82) is 0 Å². The predicted molar refractivity (Wildman–Crippen MR) is 127 cm³/mol. The van der Waals surface area contributed by atoms with Crippen molar-refractivity contribution in [3.63, 3.8) is 0 Å². The van der Waals surface area contributed by atoms with Gasteiger partial charge in [0.05, 0.1) is 35.3 Å². The maximum Gasteiger partial charge on any atom is 0.261 e. The topological polar surface area (TPSA) is 108 Å². The van der Waals surface area contributed by atoms with Gasteiger partial charge in [0.1, 0.15) is 0 Å². The van der Waals surface area contributed by atoms with Gasteiger partial charge in [-0.05, 0) is 48.6 Å². The third-order valence-corrected chi connectivity index (χ3v) is 6.71. The van der Waals surface area contributed by atoms with Crippen LogP contribution in [0.4, 0.5) is 0 Å². The number of Topliss-reactive ketones (excluding diaryl/α,β-unsaturated/α-hetero) is 1. The van der Waals surface area contributed by atoms with Crippen molar-refractivity contribution in [2.75, 3.05) is 0 Å². The van der Waals surface area contributed by atoms with Gasteiger partial charge in [-0.15, -0.1) is 0 Å². The first-order valence-corrected chi connectivity index (χ1v) is 11.7. The van der Waals surface area contributed by atoms with Crippen LogP contribution in [0.15, 0.2) is 47.7 Å². The molecule has 0 aliphatic heterocycles. The maximum atomic E-state index is 13.5. The minimum Gasteiger partial charge on any atom is -0.366 e. The average molecular weight is 447 g/mol. The summed E-state index contributed by atoms with van der Waals surface area (Å²) in [4.78, 5) is 47.0. The SMILES string of the molecule is CCc1ccc2ncn([C@@H](CC3CCCCC3)C(=O)Cc3ccc(C(N)=O)cn3)c(=O)c2c1.